The van der Waals surface area contributed by atoms with Crippen LogP contribution in [0.2, 0.25) is 0 Å². The summed E-state index contributed by atoms with van der Waals surface area (Å²) in [5, 5.41) is 3.79. The third-order valence-corrected chi connectivity index (χ3v) is 5.65. The van der Waals surface area contributed by atoms with E-state index in [-0.39, 0.29) is 0 Å². The van der Waals surface area contributed by atoms with Crippen LogP contribution in [0.5, 0.6) is 0 Å². The maximum Gasteiger partial charge on any atom is 0.0184 e. The minimum absolute atomic E-state index is 0.446. The van der Waals surface area contributed by atoms with Gasteiger partial charge in [-0.1, -0.05) is 33.6 Å². The first-order valence-electron chi connectivity index (χ1n) is 7.78. The summed E-state index contributed by atoms with van der Waals surface area (Å²) in [5.74, 6) is 3.86. The van der Waals surface area contributed by atoms with Crippen LogP contribution in [0.4, 0.5) is 0 Å². The molecule has 1 heteroatoms. The summed E-state index contributed by atoms with van der Waals surface area (Å²) in [5.41, 5.74) is 0.446. The molecule has 0 saturated heterocycles. The zero-order valence-corrected chi connectivity index (χ0v) is 12.3. The van der Waals surface area contributed by atoms with Gasteiger partial charge in [0.1, 0.15) is 0 Å². The first-order chi connectivity index (χ1) is 8.03. The molecule has 4 atom stereocenters. The number of hydrogen-bond donors (Lipinski definition) is 1. The summed E-state index contributed by atoms with van der Waals surface area (Å²) in [7, 11) is 0. The molecule has 0 aromatic carbocycles. The van der Waals surface area contributed by atoms with E-state index in [0.29, 0.717) is 5.54 Å². The van der Waals surface area contributed by atoms with Crippen molar-refractivity contribution in [2.45, 2.75) is 71.8 Å². The van der Waals surface area contributed by atoms with E-state index >= 15 is 0 Å². The van der Waals surface area contributed by atoms with Crippen molar-refractivity contribution in [2.24, 2.45) is 23.7 Å². The lowest BCUT2D eigenvalue weighted by Crippen LogP contribution is -2.59. The summed E-state index contributed by atoms with van der Waals surface area (Å²) in [6.45, 7) is 10.9. The van der Waals surface area contributed by atoms with E-state index in [1.807, 2.05) is 0 Å². The van der Waals surface area contributed by atoms with Crippen molar-refractivity contribution in [3.63, 3.8) is 0 Å². The molecule has 0 aromatic rings. The molecule has 1 N–H and O–H groups in total. The Balaban J connectivity index is 1.51. The molecule has 0 amide bonds. The molecule has 2 saturated carbocycles. The van der Waals surface area contributed by atoms with Crippen LogP contribution in [-0.2, 0) is 0 Å². The second-order valence-corrected chi connectivity index (χ2v) is 7.12. The lowest BCUT2D eigenvalue weighted by Gasteiger charge is -2.51. The molecular weight excluding hydrogens is 206 g/mol. The predicted molar refractivity (Wildman–Crippen MR) is 75.1 cm³/mol. The van der Waals surface area contributed by atoms with Gasteiger partial charge in [0, 0.05) is 5.54 Å². The van der Waals surface area contributed by atoms with Crippen LogP contribution in [-0.4, -0.2) is 12.1 Å². The predicted octanol–water partition coefficient (Wildman–Crippen LogP) is 4.23. The van der Waals surface area contributed by atoms with Gasteiger partial charge < -0.3 is 5.32 Å². The van der Waals surface area contributed by atoms with Crippen molar-refractivity contribution < 1.29 is 0 Å². The van der Waals surface area contributed by atoms with Crippen LogP contribution < -0.4 is 5.32 Å². The van der Waals surface area contributed by atoms with Gasteiger partial charge in [0.15, 0.2) is 0 Å². The van der Waals surface area contributed by atoms with Crippen LogP contribution in [0.15, 0.2) is 0 Å². The Hall–Kier alpha value is -0.0400. The minimum atomic E-state index is 0.446. The Bertz CT molecular complexity index is 246. The van der Waals surface area contributed by atoms with Gasteiger partial charge in [0.2, 0.25) is 0 Å². The lowest BCUT2D eigenvalue weighted by atomic mass is 9.61. The lowest BCUT2D eigenvalue weighted by molar-refractivity contribution is 0.0447. The highest BCUT2D eigenvalue weighted by atomic mass is 15.0. The summed E-state index contributed by atoms with van der Waals surface area (Å²) in [6.07, 6.45) is 8.62. The Kier molecular flexibility index (Phi) is 4.18. The average Bonchev–Trinajstić information content (AvgIpc) is 3.12. The molecule has 2 aliphatic carbocycles. The van der Waals surface area contributed by atoms with Gasteiger partial charge in [-0.3, -0.25) is 0 Å². The van der Waals surface area contributed by atoms with Crippen LogP contribution >= 0.6 is 0 Å². The van der Waals surface area contributed by atoms with Crippen molar-refractivity contribution in [1.82, 2.24) is 5.32 Å². The van der Waals surface area contributed by atoms with Gasteiger partial charge in [-0.2, -0.15) is 0 Å². The fourth-order valence-electron chi connectivity index (χ4n) is 3.60. The Morgan fingerprint density at radius 2 is 1.94 bits per heavy atom. The van der Waals surface area contributed by atoms with Gasteiger partial charge >= 0.3 is 0 Å². The normalized spacial score (nSPS) is 38.8. The van der Waals surface area contributed by atoms with Crippen molar-refractivity contribution >= 4 is 0 Å². The molecule has 0 aliphatic heterocycles. The number of unbranched alkanes of at least 4 members (excludes halogenated alkanes) is 1. The molecule has 0 radical (unpaired) electrons. The summed E-state index contributed by atoms with van der Waals surface area (Å²) in [6, 6.07) is 0. The Morgan fingerprint density at radius 1 is 1.24 bits per heavy atom. The summed E-state index contributed by atoms with van der Waals surface area (Å²) >= 11 is 0. The fourth-order valence-corrected chi connectivity index (χ4v) is 3.60. The van der Waals surface area contributed by atoms with Crippen molar-refractivity contribution in [3.8, 4) is 0 Å². The van der Waals surface area contributed by atoms with Crippen molar-refractivity contribution in [1.29, 1.82) is 0 Å². The van der Waals surface area contributed by atoms with E-state index in [0.717, 1.165) is 23.7 Å². The molecular formula is C16H31N. The summed E-state index contributed by atoms with van der Waals surface area (Å²) in [4.78, 5) is 0. The van der Waals surface area contributed by atoms with Crippen molar-refractivity contribution in [2.75, 3.05) is 6.54 Å². The highest BCUT2D eigenvalue weighted by Gasteiger charge is 2.44. The summed E-state index contributed by atoms with van der Waals surface area (Å²) < 4.78 is 0. The molecule has 0 spiro atoms. The molecule has 2 fully saturated rings. The van der Waals surface area contributed by atoms with Gasteiger partial charge in [-0.15, -0.1) is 0 Å². The molecule has 1 nitrogen and oxygen atoms in total. The first-order valence-corrected chi connectivity index (χ1v) is 7.78. The van der Waals surface area contributed by atoms with Crippen LogP contribution in [0, 0.1) is 23.7 Å². The molecule has 17 heavy (non-hydrogen) atoms. The Labute approximate surface area is 108 Å². The van der Waals surface area contributed by atoms with E-state index < -0.39 is 0 Å². The second kappa shape index (κ2) is 5.30. The van der Waals surface area contributed by atoms with E-state index in [1.165, 1.54) is 45.1 Å². The van der Waals surface area contributed by atoms with E-state index in [4.69, 9.17) is 0 Å². The van der Waals surface area contributed by atoms with Gasteiger partial charge in [-0.25, -0.2) is 0 Å². The number of hydrogen-bond acceptors (Lipinski definition) is 1. The monoisotopic (exact) mass is 237 g/mol. The van der Waals surface area contributed by atoms with E-state index in [2.05, 4.69) is 33.0 Å². The molecule has 2 aliphatic rings. The molecule has 0 bridgehead atoms. The highest BCUT2D eigenvalue weighted by molar-refractivity contribution is 5.01. The topological polar surface area (TPSA) is 12.0 Å². The third-order valence-electron chi connectivity index (χ3n) is 5.65. The maximum absolute atomic E-state index is 3.79. The van der Waals surface area contributed by atoms with Crippen molar-refractivity contribution in [3.05, 3.63) is 0 Å². The molecule has 0 heterocycles. The van der Waals surface area contributed by atoms with Gasteiger partial charge in [-0.05, 0) is 62.8 Å². The zero-order chi connectivity index (χ0) is 12.5. The van der Waals surface area contributed by atoms with E-state index in [1.54, 1.807) is 0 Å². The zero-order valence-electron chi connectivity index (χ0n) is 12.3. The van der Waals surface area contributed by atoms with Gasteiger partial charge in [0.05, 0.1) is 0 Å². The molecule has 4 unspecified atom stereocenters. The number of rotatable bonds is 7. The molecule has 2 rings (SSSR count). The highest BCUT2D eigenvalue weighted by Crippen LogP contribution is 2.43. The fraction of sp³-hybridized carbons (Fsp3) is 1.00. The van der Waals surface area contributed by atoms with Gasteiger partial charge in [0.25, 0.3) is 0 Å². The van der Waals surface area contributed by atoms with Crippen LogP contribution in [0.3, 0.4) is 0 Å². The SMILES string of the molecule is CC(CCCCNC1(C)CC(C)C1C)C1CC1. The Morgan fingerprint density at radius 3 is 2.47 bits per heavy atom. The van der Waals surface area contributed by atoms with Crippen LogP contribution in [0.25, 0.3) is 0 Å². The largest absolute Gasteiger partial charge is 0.311 e. The maximum atomic E-state index is 3.79. The second-order valence-electron chi connectivity index (χ2n) is 7.12. The van der Waals surface area contributed by atoms with Crippen LogP contribution in [0.1, 0.15) is 66.2 Å². The smallest absolute Gasteiger partial charge is 0.0184 e. The standard InChI is InChI=1S/C16H31N/c1-12(15-8-9-15)7-5-6-10-17-16(4)11-13(2)14(16)3/h12-15,17H,5-11H2,1-4H3. The minimum Gasteiger partial charge on any atom is -0.311 e. The average molecular weight is 237 g/mol. The quantitative estimate of drug-likeness (QED) is 0.654. The van der Waals surface area contributed by atoms with E-state index in [9.17, 15) is 0 Å². The third kappa shape index (κ3) is 3.24. The molecule has 100 valence electrons. The number of nitrogens with one attached hydrogen (secondary N) is 1. The first kappa shape index (κ1) is 13.4. The molecule has 0 aromatic heterocycles.